The lowest BCUT2D eigenvalue weighted by Gasteiger charge is -2.46. The zero-order chi connectivity index (χ0) is 20.6. The molecule has 152 valence electrons. The van der Waals surface area contributed by atoms with E-state index in [4.69, 9.17) is 4.74 Å². The van der Waals surface area contributed by atoms with Crippen LogP contribution in [0, 0.1) is 5.82 Å². The molecule has 1 atom stereocenters. The summed E-state index contributed by atoms with van der Waals surface area (Å²) in [7, 11) is 3.51. The highest BCUT2D eigenvalue weighted by atomic mass is 19.1. The van der Waals surface area contributed by atoms with Crippen LogP contribution in [0.4, 0.5) is 10.1 Å². The molecule has 1 unspecified atom stereocenters. The molecule has 0 saturated carbocycles. The van der Waals surface area contributed by atoms with Gasteiger partial charge < -0.3 is 14.5 Å². The van der Waals surface area contributed by atoms with Gasteiger partial charge in [-0.2, -0.15) is 0 Å². The summed E-state index contributed by atoms with van der Waals surface area (Å²) in [6.07, 6.45) is 0.754. The zero-order valence-corrected chi connectivity index (χ0v) is 16.6. The lowest BCUT2D eigenvalue weighted by molar-refractivity contribution is -0.123. The van der Waals surface area contributed by atoms with Crippen molar-refractivity contribution < 1.29 is 18.7 Å². The van der Waals surface area contributed by atoms with Gasteiger partial charge >= 0.3 is 0 Å². The first kappa shape index (κ1) is 19.4. The minimum Gasteiger partial charge on any atom is -0.497 e. The molecule has 6 nitrogen and oxygen atoms in total. The highest BCUT2D eigenvalue weighted by Gasteiger charge is 2.48. The number of nitrogens with zero attached hydrogens (tertiary/aromatic N) is 3. The van der Waals surface area contributed by atoms with Crippen molar-refractivity contribution >= 4 is 17.5 Å². The van der Waals surface area contributed by atoms with Crippen molar-refractivity contribution in [2.24, 2.45) is 0 Å². The van der Waals surface area contributed by atoms with Gasteiger partial charge in [-0.05, 0) is 55.9 Å². The van der Waals surface area contributed by atoms with Crippen molar-refractivity contribution in [3.63, 3.8) is 0 Å². The molecule has 0 N–H and O–H groups in total. The number of amides is 2. The van der Waals surface area contributed by atoms with Crippen LogP contribution in [-0.2, 0) is 4.79 Å². The van der Waals surface area contributed by atoms with Crippen LogP contribution in [0.5, 0.6) is 5.75 Å². The summed E-state index contributed by atoms with van der Waals surface area (Å²) in [4.78, 5) is 31.1. The second-order valence-corrected chi connectivity index (χ2v) is 7.75. The van der Waals surface area contributed by atoms with Gasteiger partial charge in [0.25, 0.3) is 5.91 Å². The fraction of sp³-hybridized carbons (Fsp3) is 0.364. The van der Waals surface area contributed by atoms with Crippen LogP contribution in [0.3, 0.4) is 0 Å². The van der Waals surface area contributed by atoms with Crippen LogP contribution in [0.1, 0.15) is 16.8 Å². The Morgan fingerprint density at radius 1 is 1.14 bits per heavy atom. The summed E-state index contributed by atoms with van der Waals surface area (Å²) in [5.41, 5.74) is 0.823. The lowest BCUT2D eigenvalue weighted by Crippen LogP contribution is -2.64. The van der Waals surface area contributed by atoms with Crippen molar-refractivity contribution in [1.82, 2.24) is 9.80 Å². The molecule has 1 spiro atoms. The van der Waals surface area contributed by atoms with Gasteiger partial charge in [0.05, 0.1) is 19.2 Å². The van der Waals surface area contributed by atoms with Gasteiger partial charge in [-0.1, -0.05) is 6.07 Å². The average molecular weight is 397 g/mol. The van der Waals surface area contributed by atoms with E-state index in [9.17, 15) is 14.0 Å². The van der Waals surface area contributed by atoms with Gasteiger partial charge in [0.2, 0.25) is 5.91 Å². The van der Waals surface area contributed by atoms with Gasteiger partial charge in [0.1, 0.15) is 11.6 Å². The van der Waals surface area contributed by atoms with Gasteiger partial charge in [0.15, 0.2) is 0 Å². The molecule has 2 aliphatic heterocycles. The summed E-state index contributed by atoms with van der Waals surface area (Å²) >= 11 is 0. The number of halogens is 1. The van der Waals surface area contributed by atoms with E-state index in [2.05, 4.69) is 0 Å². The maximum atomic E-state index is 13.7. The Balaban J connectivity index is 1.54. The summed E-state index contributed by atoms with van der Waals surface area (Å²) in [5.74, 6) is 0.234. The summed E-state index contributed by atoms with van der Waals surface area (Å²) < 4.78 is 18.8. The van der Waals surface area contributed by atoms with Gasteiger partial charge in [0, 0.05) is 30.9 Å². The normalized spacial score (nSPS) is 22.4. The fourth-order valence-electron chi connectivity index (χ4n) is 4.23. The van der Waals surface area contributed by atoms with Crippen LogP contribution in [0.2, 0.25) is 0 Å². The van der Waals surface area contributed by atoms with Gasteiger partial charge in [-0.3, -0.25) is 14.5 Å². The minimum atomic E-state index is -0.369. The third-order valence-corrected chi connectivity index (χ3v) is 6.01. The molecule has 2 aromatic carbocycles. The molecule has 2 amide bonds. The summed E-state index contributed by atoms with van der Waals surface area (Å²) in [6.45, 7) is 1.80. The molecule has 0 aliphatic carbocycles. The van der Waals surface area contributed by atoms with Crippen LogP contribution in [0.15, 0.2) is 48.5 Å². The predicted molar refractivity (Wildman–Crippen MR) is 108 cm³/mol. The second-order valence-electron chi connectivity index (χ2n) is 7.75. The number of anilines is 1. The highest BCUT2D eigenvalue weighted by molar-refractivity contribution is 5.97. The smallest absolute Gasteiger partial charge is 0.253 e. The second kappa shape index (κ2) is 7.48. The number of hydrogen-bond donors (Lipinski definition) is 0. The van der Waals surface area contributed by atoms with Crippen LogP contribution < -0.4 is 9.64 Å². The minimum absolute atomic E-state index is 0.0351. The third-order valence-electron chi connectivity index (χ3n) is 6.01. The maximum absolute atomic E-state index is 13.7. The standard InChI is InChI=1S/C22H24FN3O3/c1-24-13-20(27)26(18-5-3-4-17(23)12-18)15-22(24)10-11-25(14-22)21(28)16-6-8-19(29-2)9-7-16/h3-9,12H,10-11,13-15H2,1-2H3. The highest BCUT2D eigenvalue weighted by Crippen LogP contribution is 2.34. The largest absolute Gasteiger partial charge is 0.497 e. The van der Waals surface area contributed by atoms with E-state index in [0.717, 1.165) is 6.42 Å². The molecule has 0 bridgehead atoms. The van der Waals surface area contributed by atoms with Crippen LogP contribution in [-0.4, -0.2) is 67.5 Å². The molecule has 2 saturated heterocycles. The molecule has 7 heteroatoms. The van der Waals surface area contributed by atoms with Crippen molar-refractivity contribution in [2.75, 3.05) is 45.2 Å². The molecule has 2 fully saturated rings. The van der Waals surface area contributed by atoms with E-state index in [1.165, 1.54) is 12.1 Å². The number of carbonyl (C=O) groups is 2. The first-order chi connectivity index (χ1) is 13.9. The number of carbonyl (C=O) groups excluding carboxylic acids is 2. The van der Waals surface area contributed by atoms with E-state index >= 15 is 0 Å². The van der Waals surface area contributed by atoms with E-state index < -0.39 is 0 Å². The Hall–Kier alpha value is -2.93. The average Bonchev–Trinajstić information content (AvgIpc) is 3.16. The molecule has 2 heterocycles. The van der Waals surface area contributed by atoms with E-state index in [-0.39, 0.29) is 29.7 Å². The van der Waals surface area contributed by atoms with Crippen LogP contribution in [0.25, 0.3) is 0 Å². The molecule has 0 aromatic heterocycles. The monoisotopic (exact) mass is 397 g/mol. The Morgan fingerprint density at radius 3 is 2.59 bits per heavy atom. The van der Waals surface area contributed by atoms with Gasteiger partial charge in [-0.25, -0.2) is 4.39 Å². The topological polar surface area (TPSA) is 53.1 Å². The fourth-order valence-corrected chi connectivity index (χ4v) is 4.23. The van der Waals surface area contributed by atoms with E-state index in [0.29, 0.717) is 36.6 Å². The predicted octanol–water partition coefficient (Wildman–Crippen LogP) is 2.40. The molecular weight excluding hydrogens is 373 g/mol. The Bertz CT molecular complexity index is 933. The molecule has 2 aliphatic rings. The lowest BCUT2D eigenvalue weighted by atomic mass is 9.92. The molecular formula is C22H24FN3O3. The molecule has 4 rings (SSSR count). The zero-order valence-electron chi connectivity index (χ0n) is 16.6. The van der Waals surface area contributed by atoms with Crippen LogP contribution >= 0.6 is 0 Å². The quantitative estimate of drug-likeness (QED) is 0.798. The SMILES string of the molecule is COc1ccc(C(=O)N2CCC3(C2)CN(c2cccc(F)c2)C(=O)CN3C)cc1. The summed E-state index contributed by atoms with van der Waals surface area (Å²) in [5, 5.41) is 0. The van der Waals surface area contributed by atoms with E-state index in [1.807, 2.05) is 16.8 Å². The molecule has 0 radical (unpaired) electrons. The number of ether oxygens (including phenoxy) is 1. The van der Waals surface area contributed by atoms with Crippen molar-refractivity contribution in [2.45, 2.75) is 12.0 Å². The van der Waals surface area contributed by atoms with Crippen molar-refractivity contribution in [1.29, 1.82) is 0 Å². The molecule has 2 aromatic rings. The molecule has 29 heavy (non-hydrogen) atoms. The van der Waals surface area contributed by atoms with E-state index in [1.54, 1.807) is 48.4 Å². The van der Waals surface area contributed by atoms with Crippen molar-refractivity contribution in [3.05, 3.63) is 59.9 Å². The number of piperazine rings is 1. The van der Waals surface area contributed by atoms with Crippen molar-refractivity contribution in [3.8, 4) is 5.75 Å². The Morgan fingerprint density at radius 2 is 1.90 bits per heavy atom. The number of likely N-dealkylation sites (tertiary alicyclic amines) is 1. The maximum Gasteiger partial charge on any atom is 0.253 e. The number of hydrogen-bond acceptors (Lipinski definition) is 4. The summed E-state index contributed by atoms with van der Waals surface area (Å²) in [6, 6.07) is 13.2. The third kappa shape index (κ3) is 3.58. The Labute approximate surface area is 169 Å². The number of likely N-dealkylation sites (N-methyl/N-ethyl adjacent to an activating group) is 1. The number of rotatable bonds is 3. The van der Waals surface area contributed by atoms with Gasteiger partial charge in [-0.15, -0.1) is 0 Å². The first-order valence-electron chi connectivity index (χ1n) is 9.62. The first-order valence-corrected chi connectivity index (χ1v) is 9.62. The number of methoxy groups -OCH3 is 1. The number of benzene rings is 2. The Kier molecular flexibility index (Phi) is 5.00.